The first-order valence-corrected chi connectivity index (χ1v) is 11.8. The summed E-state index contributed by atoms with van der Waals surface area (Å²) in [6.07, 6.45) is 2.14. The fraction of sp³-hybridized carbons (Fsp3) is 0.179. The molecule has 0 unspecified atom stereocenters. The first-order chi connectivity index (χ1) is 16.9. The number of carbonyl (C=O) groups excluding carboxylic acids is 2. The highest BCUT2D eigenvalue weighted by Crippen LogP contribution is 2.31. The van der Waals surface area contributed by atoms with Crippen LogP contribution in [0.25, 0.3) is 10.8 Å². The fourth-order valence-corrected chi connectivity index (χ4v) is 4.53. The molecule has 0 radical (unpaired) electrons. The largest absolute Gasteiger partial charge is 0.453 e. The summed E-state index contributed by atoms with van der Waals surface area (Å²) in [4.78, 5) is 25.8. The smallest absolute Gasteiger partial charge is 0.379 e. The monoisotopic (exact) mass is 486 g/mol. The Bertz CT molecular complexity index is 1500. The third-order valence-corrected chi connectivity index (χ3v) is 6.60. The number of amides is 1. The minimum Gasteiger partial charge on any atom is -0.453 e. The molecule has 0 saturated heterocycles. The maximum absolute atomic E-state index is 12.9. The van der Waals surface area contributed by atoms with E-state index in [0.29, 0.717) is 46.2 Å². The summed E-state index contributed by atoms with van der Waals surface area (Å²) in [5.74, 6) is 0.323. The van der Waals surface area contributed by atoms with Gasteiger partial charge in [-0.2, -0.15) is 5.10 Å². The van der Waals surface area contributed by atoms with Gasteiger partial charge in [-0.25, -0.2) is 10.2 Å². The second-order valence-electron chi connectivity index (χ2n) is 8.53. The lowest BCUT2D eigenvalue weighted by molar-refractivity contribution is 0.0698. The van der Waals surface area contributed by atoms with Crippen molar-refractivity contribution in [3.8, 4) is 5.75 Å². The molecule has 1 N–H and O–H groups in total. The molecule has 6 nitrogen and oxygen atoms in total. The number of furan rings is 1. The number of esters is 1. The summed E-state index contributed by atoms with van der Waals surface area (Å²) in [7, 11) is 0. The Balaban J connectivity index is 1.40. The maximum atomic E-state index is 12.9. The second kappa shape index (κ2) is 9.39. The highest BCUT2D eigenvalue weighted by molar-refractivity contribution is 6.31. The van der Waals surface area contributed by atoms with E-state index in [1.807, 2.05) is 43.3 Å². The Hall–Kier alpha value is -3.90. The number of hydrogen-bond acceptors (Lipinski definition) is 5. The van der Waals surface area contributed by atoms with Gasteiger partial charge in [0.2, 0.25) is 5.76 Å². The van der Waals surface area contributed by atoms with Crippen LogP contribution in [0.5, 0.6) is 5.75 Å². The predicted octanol–water partition coefficient (Wildman–Crippen LogP) is 6.39. The molecule has 0 saturated carbocycles. The fourth-order valence-electron chi connectivity index (χ4n) is 4.41. The lowest BCUT2D eigenvalue weighted by Gasteiger charge is -2.13. The standard InChI is InChI=1S/C28H23ClN2O4/c1-16-15-19(13-14-22(16)29)34-28(33)26-17(2)25-23(11-6-12-24(25)35-26)30-31-27(32)21-10-5-8-18-7-3-4-9-20(18)21/h3-5,7-10,13-15H,6,11-12H2,1-2H3,(H,31,32)/b30-23+. The Kier molecular flexibility index (Phi) is 6.14. The van der Waals surface area contributed by atoms with E-state index in [2.05, 4.69) is 10.5 Å². The van der Waals surface area contributed by atoms with Crippen molar-refractivity contribution in [2.24, 2.45) is 5.10 Å². The molecular weight excluding hydrogens is 464 g/mol. The van der Waals surface area contributed by atoms with E-state index in [-0.39, 0.29) is 11.7 Å². The highest BCUT2D eigenvalue weighted by Gasteiger charge is 2.29. The van der Waals surface area contributed by atoms with Crippen LogP contribution in [0.15, 0.2) is 70.2 Å². The van der Waals surface area contributed by atoms with Crippen LogP contribution in [0.4, 0.5) is 0 Å². The normalized spacial score (nSPS) is 14.1. The molecule has 176 valence electrons. The van der Waals surface area contributed by atoms with Crippen molar-refractivity contribution in [3.63, 3.8) is 0 Å². The van der Waals surface area contributed by atoms with Crippen LogP contribution in [0.3, 0.4) is 0 Å². The summed E-state index contributed by atoms with van der Waals surface area (Å²) in [6, 6.07) is 18.3. The predicted molar refractivity (Wildman–Crippen MR) is 135 cm³/mol. The summed E-state index contributed by atoms with van der Waals surface area (Å²) in [5.41, 5.74) is 6.15. The summed E-state index contributed by atoms with van der Waals surface area (Å²) in [6.45, 7) is 3.64. The third kappa shape index (κ3) is 4.45. The van der Waals surface area contributed by atoms with Crippen molar-refractivity contribution in [2.75, 3.05) is 0 Å². The number of ether oxygens (including phenoxy) is 1. The minimum absolute atomic E-state index is 0.137. The molecule has 1 aliphatic carbocycles. The molecule has 0 bridgehead atoms. The molecule has 35 heavy (non-hydrogen) atoms. The summed E-state index contributed by atoms with van der Waals surface area (Å²) in [5, 5.41) is 6.88. The molecule has 1 aromatic heterocycles. The average molecular weight is 487 g/mol. The van der Waals surface area contributed by atoms with E-state index < -0.39 is 5.97 Å². The molecule has 1 aliphatic rings. The van der Waals surface area contributed by atoms with Gasteiger partial charge >= 0.3 is 5.97 Å². The van der Waals surface area contributed by atoms with Crippen molar-refractivity contribution in [2.45, 2.75) is 33.1 Å². The van der Waals surface area contributed by atoms with E-state index in [4.69, 9.17) is 20.8 Å². The number of benzene rings is 3. The van der Waals surface area contributed by atoms with Crippen molar-refractivity contribution in [1.82, 2.24) is 5.43 Å². The first-order valence-electron chi connectivity index (χ1n) is 11.4. The molecule has 5 rings (SSSR count). The lowest BCUT2D eigenvalue weighted by Crippen LogP contribution is -2.22. The Morgan fingerprint density at radius 1 is 1.03 bits per heavy atom. The number of aryl methyl sites for hydroxylation is 2. The molecule has 7 heteroatoms. The Labute approximate surface area is 207 Å². The minimum atomic E-state index is -0.585. The zero-order valence-corrected chi connectivity index (χ0v) is 20.1. The van der Waals surface area contributed by atoms with Crippen molar-refractivity contribution in [1.29, 1.82) is 0 Å². The third-order valence-electron chi connectivity index (χ3n) is 6.18. The van der Waals surface area contributed by atoms with Gasteiger partial charge < -0.3 is 9.15 Å². The van der Waals surface area contributed by atoms with Gasteiger partial charge in [0.1, 0.15) is 11.5 Å². The van der Waals surface area contributed by atoms with Gasteiger partial charge in [0.25, 0.3) is 5.91 Å². The van der Waals surface area contributed by atoms with Gasteiger partial charge in [-0.3, -0.25) is 4.79 Å². The molecule has 0 spiro atoms. The second-order valence-corrected chi connectivity index (χ2v) is 8.94. The van der Waals surface area contributed by atoms with Crippen LogP contribution >= 0.6 is 11.6 Å². The van der Waals surface area contributed by atoms with Gasteiger partial charge in [0, 0.05) is 28.1 Å². The van der Waals surface area contributed by atoms with Gasteiger partial charge in [-0.15, -0.1) is 0 Å². The molecular formula is C28H23ClN2O4. The number of hydrogen-bond donors (Lipinski definition) is 1. The number of fused-ring (bicyclic) bond motifs is 2. The number of halogens is 1. The number of carbonyl (C=O) groups is 2. The van der Waals surface area contributed by atoms with Crippen molar-refractivity contribution in [3.05, 3.63) is 99.5 Å². The van der Waals surface area contributed by atoms with Crippen LogP contribution < -0.4 is 10.2 Å². The SMILES string of the molecule is Cc1cc(OC(=O)c2oc3c(c2C)/C(=N/NC(=O)c2cccc4ccccc24)CCC3)ccc1Cl. The van der Waals surface area contributed by atoms with Gasteiger partial charge in [0.05, 0.1) is 5.71 Å². The van der Waals surface area contributed by atoms with Crippen LogP contribution in [0, 0.1) is 13.8 Å². The first kappa shape index (κ1) is 22.9. The van der Waals surface area contributed by atoms with Crippen molar-refractivity contribution >= 4 is 40.0 Å². The zero-order chi connectivity index (χ0) is 24.5. The van der Waals surface area contributed by atoms with E-state index in [1.54, 1.807) is 31.2 Å². The molecule has 0 aliphatic heterocycles. The van der Waals surface area contributed by atoms with Crippen LogP contribution in [0.1, 0.15) is 56.2 Å². The summed E-state index contributed by atoms with van der Waals surface area (Å²) < 4.78 is 11.4. The number of nitrogens with zero attached hydrogens (tertiary/aromatic N) is 1. The molecule has 4 aromatic rings. The molecule has 0 atom stereocenters. The van der Waals surface area contributed by atoms with E-state index >= 15 is 0 Å². The maximum Gasteiger partial charge on any atom is 0.379 e. The van der Waals surface area contributed by atoms with E-state index in [1.165, 1.54) is 0 Å². The molecule has 1 heterocycles. The topological polar surface area (TPSA) is 80.9 Å². The molecule has 1 amide bonds. The lowest BCUT2D eigenvalue weighted by atomic mass is 9.93. The van der Waals surface area contributed by atoms with Crippen LogP contribution in [-0.4, -0.2) is 17.6 Å². The number of nitrogens with one attached hydrogen (secondary N) is 1. The molecule has 0 fully saturated rings. The van der Waals surface area contributed by atoms with Gasteiger partial charge in [-0.05, 0) is 67.3 Å². The van der Waals surface area contributed by atoms with Crippen LogP contribution in [0.2, 0.25) is 5.02 Å². The van der Waals surface area contributed by atoms with Gasteiger partial charge in [-0.1, -0.05) is 48.0 Å². The Morgan fingerprint density at radius 2 is 1.83 bits per heavy atom. The zero-order valence-electron chi connectivity index (χ0n) is 19.4. The van der Waals surface area contributed by atoms with E-state index in [0.717, 1.165) is 28.3 Å². The number of hydrazone groups is 1. The van der Waals surface area contributed by atoms with Gasteiger partial charge in [0.15, 0.2) is 0 Å². The summed E-state index contributed by atoms with van der Waals surface area (Å²) >= 11 is 6.06. The quantitative estimate of drug-likeness (QED) is 0.206. The van der Waals surface area contributed by atoms with Crippen molar-refractivity contribution < 1.29 is 18.7 Å². The molecule has 3 aromatic carbocycles. The average Bonchev–Trinajstić information content (AvgIpc) is 3.21. The highest BCUT2D eigenvalue weighted by atomic mass is 35.5. The van der Waals surface area contributed by atoms with Crippen LogP contribution in [-0.2, 0) is 6.42 Å². The Morgan fingerprint density at radius 3 is 2.66 bits per heavy atom. The number of rotatable bonds is 4. The van der Waals surface area contributed by atoms with E-state index in [9.17, 15) is 9.59 Å².